The lowest BCUT2D eigenvalue weighted by molar-refractivity contribution is 0.514. The molecule has 0 saturated carbocycles. The molecular formula is C11H16N4O2S. The summed E-state index contributed by atoms with van der Waals surface area (Å²) in [6, 6.07) is 0. The third kappa shape index (κ3) is 2.05. The molecular weight excluding hydrogens is 252 g/mol. The van der Waals surface area contributed by atoms with Crippen molar-refractivity contribution < 1.29 is 0 Å². The second-order valence-electron chi connectivity index (χ2n) is 4.84. The first-order valence-corrected chi connectivity index (χ1v) is 6.49. The average Bonchev–Trinajstić information content (AvgIpc) is 2.68. The molecule has 2 rings (SSSR count). The fourth-order valence-corrected chi connectivity index (χ4v) is 2.62. The minimum Gasteiger partial charge on any atom is -0.368 e. The summed E-state index contributed by atoms with van der Waals surface area (Å²) < 4.78 is 5.79. The molecule has 0 aliphatic carbocycles. The van der Waals surface area contributed by atoms with Gasteiger partial charge in [0.05, 0.1) is 0 Å². The highest BCUT2D eigenvalue weighted by Gasteiger charge is 2.17. The van der Waals surface area contributed by atoms with Crippen molar-refractivity contribution in [3.05, 3.63) is 20.8 Å². The summed E-state index contributed by atoms with van der Waals surface area (Å²) in [6.45, 7) is 4.58. The molecule has 0 radical (unpaired) electrons. The number of hydrogen-bond acceptors (Lipinski definition) is 5. The van der Waals surface area contributed by atoms with Gasteiger partial charge < -0.3 is 4.90 Å². The number of anilines is 1. The van der Waals surface area contributed by atoms with Crippen molar-refractivity contribution in [3.63, 3.8) is 0 Å². The van der Waals surface area contributed by atoms with Crippen LogP contribution in [0.4, 0.5) is 5.00 Å². The second-order valence-corrected chi connectivity index (χ2v) is 5.60. The van der Waals surface area contributed by atoms with Crippen LogP contribution < -0.4 is 16.1 Å². The summed E-state index contributed by atoms with van der Waals surface area (Å²) in [4.78, 5) is 27.9. The SMILES string of the molecule is CC(C)Cn1c(=O)[nH]c(=O)c2c(N(C)C)snc21. The van der Waals surface area contributed by atoms with Gasteiger partial charge in [0.15, 0.2) is 5.65 Å². The van der Waals surface area contributed by atoms with Gasteiger partial charge in [-0.2, -0.15) is 4.37 Å². The molecule has 0 bridgehead atoms. The van der Waals surface area contributed by atoms with Crippen LogP contribution in [-0.2, 0) is 6.54 Å². The predicted molar refractivity (Wildman–Crippen MR) is 73.7 cm³/mol. The van der Waals surface area contributed by atoms with Crippen molar-refractivity contribution in [2.24, 2.45) is 5.92 Å². The minimum atomic E-state index is -0.392. The normalized spacial score (nSPS) is 11.4. The van der Waals surface area contributed by atoms with E-state index in [2.05, 4.69) is 9.36 Å². The molecule has 0 spiro atoms. The van der Waals surface area contributed by atoms with E-state index in [1.165, 1.54) is 16.1 Å². The topological polar surface area (TPSA) is 71.0 Å². The molecule has 2 aromatic heterocycles. The van der Waals surface area contributed by atoms with Crippen LogP contribution in [0, 0.1) is 5.92 Å². The van der Waals surface area contributed by atoms with E-state index in [9.17, 15) is 9.59 Å². The van der Waals surface area contributed by atoms with Crippen molar-refractivity contribution in [2.45, 2.75) is 20.4 Å². The summed E-state index contributed by atoms with van der Waals surface area (Å²) in [6.07, 6.45) is 0. The van der Waals surface area contributed by atoms with Gasteiger partial charge in [0.2, 0.25) is 0 Å². The Morgan fingerprint density at radius 1 is 1.39 bits per heavy atom. The number of H-pyrrole nitrogens is 1. The summed E-state index contributed by atoms with van der Waals surface area (Å²) >= 11 is 1.23. The van der Waals surface area contributed by atoms with Crippen molar-refractivity contribution in [2.75, 3.05) is 19.0 Å². The van der Waals surface area contributed by atoms with Gasteiger partial charge in [-0.05, 0) is 17.5 Å². The zero-order chi connectivity index (χ0) is 13.4. The maximum atomic E-state index is 11.9. The van der Waals surface area contributed by atoms with E-state index in [0.717, 1.165) is 5.00 Å². The molecule has 0 fully saturated rings. The van der Waals surface area contributed by atoms with Crippen LogP contribution >= 0.6 is 11.5 Å². The van der Waals surface area contributed by atoms with Gasteiger partial charge in [-0.3, -0.25) is 14.3 Å². The maximum Gasteiger partial charge on any atom is 0.330 e. The molecule has 7 heteroatoms. The molecule has 0 atom stereocenters. The van der Waals surface area contributed by atoms with Gasteiger partial charge >= 0.3 is 5.69 Å². The van der Waals surface area contributed by atoms with Crippen LogP contribution in [-0.4, -0.2) is 28.0 Å². The Morgan fingerprint density at radius 2 is 2.06 bits per heavy atom. The molecule has 0 saturated heterocycles. The number of nitrogens with zero attached hydrogens (tertiary/aromatic N) is 3. The summed E-state index contributed by atoms with van der Waals surface area (Å²) in [5.74, 6) is 0.307. The van der Waals surface area contributed by atoms with E-state index >= 15 is 0 Å². The Balaban J connectivity index is 2.80. The molecule has 18 heavy (non-hydrogen) atoms. The largest absolute Gasteiger partial charge is 0.368 e. The Bertz CT molecular complexity index is 680. The fourth-order valence-electron chi connectivity index (χ4n) is 1.82. The summed E-state index contributed by atoms with van der Waals surface area (Å²) in [7, 11) is 3.70. The molecule has 0 amide bonds. The van der Waals surface area contributed by atoms with Gasteiger partial charge in [-0.15, -0.1) is 0 Å². The lowest BCUT2D eigenvalue weighted by atomic mass is 10.2. The van der Waals surface area contributed by atoms with Crippen LogP contribution in [0.3, 0.4) is 0 Å². The first kappa shape index (κ1) is 12.8. The lowest BCUT2D eigenvalue weighted by Crippen LogP contribution is -2.31. The standard InChI is InChI=1S/C11H16N4O2S/c1-6(2)5-15-8-7(9(16)12-11(15)17)10(14(3)4)18-13-8/h6H,5H2,1-4H3,(H,12,16,17). The minimum absolute atomic E-state index is 0.307. The predicted octanol–water partition coefficient (Wildman–Crippen LogP) is 0.868. The highest BCUT2D eigenvalue weighted by Crippen LogP contribution is 2.26. The molecule has 98 valence electrons. The molecule has 1 N–H and O–H groups in total. The third-order valence-corrected chi connectivity index (χ3v) is 3.56. The van der Waals surface area contributed by atoms with Gasteiger partial charge in [-0.1, -0.05) is 13.8 Å². The second kappa shape index (κ2) is 4.56. The summed E-state index contributed by atoms with van der Waals surface area (Å²) in [5.41, 5.74) is -0.282. The number of aromatic nitrogens is 3. The molecule has 0 unspecified atom stereocenters. The zero-order valence-electron chi connectivity index (χ0n) is 10.9. The number of fused-ring (bicyclic) bond motifs is 1. The molecule has 2 heterocycles. The van der Waals surface area contributed by atoms with E-state index in [0.29, 0.717) is 23.5 Å². The van der Waals surface area contributed by atoms with Gasteiger partial charge in [0, 0.05) is 20.6 Å². The monoisotopic (exact) mass is 268 g/mol. The van der Waals surface area contributed by atoms with E-state index < -0.39 is 5.69 Å². The smallest absolute Gasteiger partial charge is 0.330 e. The van der Waals surface area contributed by atoms with Crippen LogP contribution in [0.2, 0.25) is 0 Å². The van der Waals surface area contributed by atoms with Crippen LogP contribution in [0.15, 0.2) is 9.59 Å². The first-order chi connectivity index (χ1) is 8.41. The Labute approximate surface area is 108 Å². The third-order valence-electron chi connectivity index (χ3n) is 2.56. The highest BCUT2D eigenvalue weighted by atomic mass is 32.1. The quantitative estimate of drug-likeness (QED) is 0.896. The molecule has 2 aromatic rings. The Morgan fingerprint density at radius 3 is 2.61 bits per heavy atom. The molecule has 6 nitrogen and oxygen atoms in total. The van der Waals surface area contributed by atoms with Crippen molar-refractivity contribution in [1.82, 2.24) is 13.9 Å². The van der Waals surface area contributed by atoms with Crippen LogP contribution in [0.25, 0.3) is 11.0 Å². The van der Waals surface area contributed by atoms with Crippen molar-refractivity contribution in [1.29, 1.82) is 0 Å². The lowest BCUT2D eigenvalue weighted by Gasteiger charge is -2.10. The number of hydrogen-bond donors (Lipinski definition) is 1. The maximum absolute atomic E-state index is 11.9. The zero-order valence-corrected chi connectivity index (χ0v) is 11.7. The molecule has 0 aliphatic rings. The van der Waals surface area contributed by atoms with Crippen LogP contribution in [0.5, 0.6) is 0 Å². The molecule has 0 aliphatic heterocycles. The first-order valence-electron chi connectivity index (χ1n) is 5.71. The van der Waals surface area contributed by atoms with E-state index in [-0.39, 0.29) is 5.56 Å². The number of nitrogens with one attached hydrogen (secondary N) is 1. The van der Waals surface area contributed by atoms with E-state index in [1.807, 2.05) is 32.8 Å². The van der Waals surface area contributed by atoms with Crippen LogP contribution in [0.1, 0.15) is 13.8 Å². The van der Waals surface area contributed by atoms with Crippen molar-refractivity contribution >= 4 is 27.6 Å². The number of rotatable bonds is 3. The Hall–Kier alpha value is -1.63. The summed E-state index contributed by atoms with van der Waals surface area (Å²) in [5, 5.41) is 1.26. The molecule has 0 aromatic carbocycles. The van der Waals surface area contributed by atoms with Gasteiger partial charge in [0.25, 0.3) is 5.56 Å². The fraction of sp³-hybridized carbons (Fsp3) is 0.545. The highest BCUT2D eigenvalue weighted by molar-refractivity contribution is 7.11. The Kier molecular flexibility index (Phi) is 3.25. The van der Waals surface area contributed by atoms with Gasteiger partial charge in [0.1, 0.15) is 10.4 Å². The van der Waals surface area contributed by atoms with E-state index in [1.54, 1.807) is 0 Å². The van der Waals surface area contributed by atoms with Crippen molar-refractivity contribution in [3.8, 4) is 0 Å². The van der Waals surface area contributed by atoms with E-state index in [4.69, 9.17) is 0 Å². The number of aromatic amines is 1. The average molecular weight is 268 g/mol. The van der Waals surface area contributed by atoms with Gasteiger partial charge in [-0.25, -0.2) is 4.79 Å².